The van der Waals surface area contributed by atoms with E-state index in [1.165, 1.54) is 0 Å². The van der Waals surface area contributed by atoms with Gasteiger partial charge < -0.3 is 15.3 Å². The van der Waals surface area contributed by atoms with Gasteiger partial charge in [0.25, 0.3) is 0 Å². The van der Waals surface area contributed by atoms with Crippen molar-refractivity contribution in [1.29, 1.82) is 0 Å². The smallest absolute Gasteiger partial charge is 0.244 e. The predicted octanol–water partition coefficient (Wildman–Crippen LogP) is 1.06. The zero-order valence-corrected chi connectivity index (χ0v) is 11.6. The Morgan fingerprint density at radius 2 is 2.05 bits per heavy atom. The second-order valence-electron chi connectivity index (χ2n) is 5.17. The summed E-state index contributed by atoms with van der Waals surface area (Å²) < 4.78 is 0. The quantitative estimate of drug-likeness (QED) is 0.864. The molecule has 1 fully saturated rings. The monoisotopic (exact) mass is 276 g/mol. The van der Waals surface area contributed by atoms with E-state index in [9.17, 15) is 14.7 Å². The lowest BCUT2D eigenvalue weighted by Crippen LogP contribution is -2.46. The number of amides is 2. The summed E-state index contributed by atoms with van der Waals surface area (Å²) in [5, 5.41) is 12.1. The molecule has 0 saturated carbocycles. The molecule has 0 aromatic heterocycles. The summed E-state index contributed by atoms with van der Waals surface area (Å²) in [6, 6.07) is 6.06. The number of benzene rings is 1. The Bertz CT molecular complexity index is 496. The maximum atomic E-state index is 12.1. The van der Waals surface area contributed by atoms with Crippen molar-refractivity contribution in [2.75, 3.05) is 13.1 Å². The maximum Gasteiger partial charge on any atom is 0.244 e. The average Bonchev–Trinajstić information content (AvgIpc) is 2.91. The lowest BCUT2D eigenvalue weighted by Gasteiger charge is -2.21. The minimum absolute atomic E-state index is 0.0215. The second-order valence-corrected chi connectivity index (χ2v) is 5.17. The fourth-order valence-electron chi connectivity index (χ4n) is 2.42. The summed E-state index contributed by atoms with van der Waals surface area (Å²) in [7, 11) is 0. The number of phenols is 1. The van der Waals surface area contributed by atoms with Crippen LogP contribution < -0.4 is 5.32 Å². The van der Waals surface area contributed by atoms with E-state index in [2.05, 4.69) is 5.32 Å². The highest BCUT2D eigenvalue weighted by atomic mass is 16.3. The number of rotatable bonds is 4. The Morgan fingerprint density at radius 1 is 1.35 bits per heavy atom. The van der Waals surface area contributed by atoms with E-state index < -0.39 is 6.04 Å². The van der Waals surface area contributed by atoms with Crippen molar-refractivity contribution < 1.29 is 14.7 Å². The van der Waals surface area contributed by atoms with E-state index >= 15 is 0 Å². The van der Waals surface area contributed by atoms with Crippen molar-refractivity contribution in [3.63, 3.8) is 0 Å². The summed E-state index contributed by atoms with van der Waals surface area (Å²) in [6.45, 7) is 3.28. The van der Waals surface area contributed by atoms with Crippen LogP contribution in [0.25, 0.3) is 0 Å². The number of nitrogens with one attached hydrogen (secondary N) is 1. The maximum absolute atomic E-state index is 12.1. The highest BCUT2D eigenvalue weighted by Crippen LogP contribution is 2.12. The van der Waals surface area contributed by atoms with Gasteiger partial charge in [0.15, 0.2) is 0 Å². The van der Waals surface area contributed by atoms with Crippen LogP contribution in [0, 0.1) is 0 Å². The zero-order chi connectivity index (χ0) is 14.5. The molecule has 1 aliphatic heterocycles. The zero-order valence-electron chi connectivity index (χ0n) is 11.6. The Kier molecular flexibility index (Phi) is 4.61. The molecule has 1 saturated heterocycles. The molecule has 0 bridgehead atoms. The van der Waals surface area contributed by atoms with Crippen LogP contribution in [-0.4, -0.2) is 41.0 Å². The van der Waals surface area contributed by atoms with Gasteiger partial charge in [0.05, 0.1) is 6.42 Å². The number of likely N-dealkylation sites (tertiary alicyclic amines) is 1. The van der Waals surface area contributed by atoms with Crippen molar-refractivity contribution in [1.82, 2.24) is 10.2 Å². The van der Waals surface area contributed by atoms with Gasteiger partial charge in [-0.2, -0.15) is 0 Å². The molecule has 0 radical (unpaired) electrons. The molecule has 1 aromatic rings. The van der Waals surface area contributed by atoms with E-state index in [1.807, 2.05) is 0 Å². The molecule has 0 aliphatic carbocycles. The largest absolute Gasteiger partial charge is 0.508 e. The lowest BCUT2D eigenvalue weighted by molar-refractivity contribution is -0.134. The molecule has 5 nitrogen and oxygen atoms in total. The summed E-state index contributed by atoms with van der Waals surface area (Å²) in [5.41, 5.74) is 0.725. The number of carbonyl (C=O) groups is 2. The molecule has 108 valence electrons. The Hall–Kier alpha value is -2.04. The minimum atomic E-state index is -0.502. The van der Waals surface area contributed by atoms with Crippen molar-refractivity contribution in [2.24, 2.45) is 0 Å². The number of nitrogens with zero attached hydrogens (tertiary/aromatic N) is 1. The normalized spacial score (nSPS) is 15.9. The molecule has 1 aliphatic rings. The Balaban J connectivity index is 1.85. The van der Waals surface area contributed by atoms with E-state index in [4.69, 9.17) is 0 Å². The van der Waals surface area contributed by atoms with Gasteiger partial charge >= 0.3 is 0 Å². The van der Waals surface area contributed by atoms with Crippen LogP contribution in [0.15, 0.2) is 24.3 Å². The topological polar surface area (TPSA) is 69.6 Å². The molecular weight excluding hydrogens is 256 g/mol. The van der Waals surface area contributed by atoms with Gasteiger partial charge in [0, 0.05) is 13.1 Å². The van der Waals surface area contributed by atoms with Crippen molar-refractivity contribution in [3.8, 4) is 5.75 Å². The van der Waals surface area contributed by atoms with Gasteiger partial charge in [-0.15, -0.1) is 0 Å². The van der Waals surface area contributed by atoms with Crippen molar-refractivity contribution in [3.05, 3.63) is 29.8 Å². The summed E-state index contributed by atoms with van der Waals surface area (Å²) >= 11 is 0. The third-order valence-electron chi connectivity index (χ3n) is 3.44. The fraction of sp³-hybridized carbons (Fsp3) is 0.467. The molecule has 1 atom stereocenters. The SMILES string of the molecule is CC(NC(=O)Cc1cccc(O)c1)C(=O)N1CCCC1. The van der Waals surface area contributed by atoms with Crippen LogP contribution in [0.2, 0.25) is 0 Å². The van der Waals surface area contributed by atoms with Crippen molar-refractivity contribution >= 4 is 11.8 Å². The summed E-state index contributed by atoms with van der Waals surface area (Å²) in [6.07, 6.45) is 2.23. The van der Waals surface area contributed by atoms with Crippen LogP contribution in [0.1, 0.15) is 25.3 Å². The van der Waals surface area contributed by atoms with E-state index in [0.717, 1.165) is 31.5 Å². The molecule has 2 rings (SSSR count). The molecule has 1 aromatic carbocycles. The first-order chi connectivity index (χ1) is 9.56. The van der Waals surface area contributed by atoms with E-state index in [-0.39, 0.29) is 24.0 Å². The van der Waals surface area contributed by atoms with Crippen molar-refractivity contribution in [2.45, 2.75) is 32.2 Å². The van der Waals surface area contributed by atoms with Gasteiger partial charge in [-0.25, -0.2) is 0 Å². The number of phenolic OH excluding ortho intramolecular Hbond substituents is 1. The third-order valence-corrected chi connectivity index (χ3v) is 3.44. The Labute approximate surface area is 118 Å². The highest BCUT2D eigenvalue weighted by molar-refractivity contribution is 5.88. The number of carbonyl (C=O) groups excluding carboxylic acids is 2. The van der Waals surface area contributed by atoms with Crippen LogP contribution >= 0.6 is 0 Å². The van der Waals surface area contributed by atoms with Gasteiger partial charge in [-0.1, -0.05) is 12.1 Å². The minimum Gasteiger partial charge on any atom is -0.508 e. The molecule has 0 spiro atoms. The second kappa shape index (κ2) is 6.41. The first-order valence-electron chi connectivity index (χ1n) is 6.92. The molecule has 2 N–H and O–H groups in total. The molecule has 2 amide bonds. The number of hydrogen-bond donors (Lipinski definition) is 2. The Morgan fingerprint density at radius 3 is 2.70 bits per heavy atom. The first kappa shape index (κ1) is 14.4. The molecule has 1 unspecified atom stereocenters. The van der Waals surface area contributed by atoms with Gasteiger partial charge in [0.1, 0.15) is 11.8 Å². The molecular formula is C15H20N2O3. The highest BCUT2D eigenvalue weighted by Gasteiger charge is 2.24. The first-order valence-corrected chi connectivity index (χ1v) is 6.92. The van der Waals surface area contributed by atoms with Crippen LogP contribution in [-0.2, 0) is 16.0 Å². The van der Waals surface area contributed by atoms with Crippen LogP contribution in [0.5, 0.6) is 5.75 Å². The average molecular weight is 276 g/mol. The van der Waals surface area contributed by atoms with Gasteiger partial charge in [-0.3, -0.25) is 9.59 Å². The summed E-state index contributed by atoms with van der Waals surface area (Å²) in [4.78, 5) is 25.7. The third kappa shape index (κ3) is 3.73. The number of aromatic hydroxyl groups is 1. The standard InChI is InChI=1S/C15H20N2O3/c1-11(15(20)17-7-2-3-8-17)16-14(19)10-12-5-4-6-13(18)9-12/h4-6,9,11,18H,2-3,7-8,10H2,1H3,(H,16,19). The van der Waals surface area contributed by atoms with Crippen LogP contribution in [0.3, 0.4) is 0 Å². The number of hydrogen-bond acceptors (Lipinski definition) is 3. The van der Waals surface area contributed by atoms with Gasteiger partial charge in [0.2, 0.25) is 11.8 Å². The van der Waals surface area contributed by atoms with E-state index in [1.54, 1.807) is 36.1 Å². The fourth-order valence-corrected chi connectivity index (χ4v) is 2.42. The molecule has 5 heteroatoms. The van der Waals surface area contributed by atoms with E-state index in [0.29, 0.717) is 0 Å². The molecule has 1 heterocycles. The lowest BCUT2D eigenvalue weighted by atomic mass is 10.1. The van der Waals surface area contributed by atoms with Crippen LogP contribution in [0.4, 0.5) is 0 Å². The van der Waals surface area contributed by atoms with Gasteiger partial charge in [-0.05, 0) is 37.5 Å². The predicted molar refractivity (Wildman–Crippen MR) is 75.2 cm³/mol. The summed E-state index contributed by atoms with van der Waals surface area (Å²) in [5.74, 6) is -0.0982. The molecule has 20 heavy (non-hydrogen) atoms.